The number of unbranched alkanes of at least 4 members (excludes halogenated alkanes) is 4. The minimum Gasteiger partial charge on any atom is -1.00 e. The Morgan fingerprint density at radius 3 is 1.07 bits per heavy atom. The molecule has 1 aliphatic rings. The third kappa shape index (κ3) is 12.0. The largest absolute Gasteiger partial charge is 1.00 e. The number of imidazole rings is 2. The normalized spacial score (nSPS) is 11.4. The van der Waals surface area contributed by atoms with Gasteiger partial charge in [0.05, 0.1) is 26.4 Å². The maximum atomic E-state index is 6.56. The van der Waals surface area contributed by atoms with Gasteiger partial charge in [-0.1, -0.05) is 102 Å². The van der Waals surface area contributed by atoms with Crippen molar-refractivity contribution in [1.29, 1.82) is 0 Å². The minimum absolute atomic E-state index is 0. The average molecular weight is 963 g/mol. The van der Waals surface area contributed by atoms with Crippen molar-refractivity contribution in [2.75, 3.05) is 26.4 Å². The Morgan fingerprint density at radius 2 is 0.733 bits per heavy atom. The van der Waals surface area contributed by atoms with Crippen molar-refractivity contribution in [1.82, 2.24) is 9.13 Å². The first-order chi connectivity index (χ1) is 26.6. The zero-order chi connectivity index (χ0) is 37.3. The van der Waals surface area contributed by atoms with Crippen LogP contribution in [0.3, 0.4) is 0 Å². The molecule has 0 spiro atoms. The van der Waals surface area contributed by atoms with Crippen LogP contribution in [0.4, 0.5) is 0 Å². The predicted octanol–water partition coefficient (Wildman–Crippen LogP) is 0.102. The van der Waals surface area contributed by atoms with E-state index < -0.39 is 0 Å². The van der Waals surface area contributed by atoms with E-state index in [1.807, 2.05) is 0 Å². The smallest absolute Gasteiger partial charge is 0.245 e. The van der Waals surface area contributed by atoms with Gasteiger partial charge in [-0.25, -0.2) is 18.3 Å². The molecule has 0 amide bonds. The van der Waals surface area contributed by atoms with Crippen molar-refractivity contribution in [3.05, 3.63) is 108 Å². The van der Waals surface area contributed by atoms with Crippen LogP contribution in [-0.4, -0.2) is 57.5 Å². The van der Waals surface area contributed by atoms with Crippen molar-refractivity contribution < 1.29 is 83.9 Å². The topological polar surface area (TPSA) is 181 Å². The Morgan fingerprint density at radius 1 is 0.433 bits per heavy atom. The highest BCUT2D eigenvalue weighted by atomic mass is 79.9. The summed E-state index contributed by atoms with van der Waals surface area (Å²) in [7, 11) is 0. The van der Waals surface area contributed by atoms with Crippen molar-refractivity contribution >= 4 is 22.1 Å². The third-order valence-electron chi connectivity index (χ3n) is 10.5. The van der Waals surface area contributed by atoms with Gasteiger partial charge in [0.15, 0.2) is 23.0 Å². The Labute approximate surface area is 375 Å². The quantitative estimate of drug-likeness (QED) is 0.0986. The molecule has 4 aromatic carbocycles. The highest BCUT2D eigenvalue weighted by Gasteiger charge is 2.30. The summed E-state index contributed by atoms with van der Waals surface area (Å²) in [4.78, 5) is 0. The third-order valence-corrected chi connectivity index (χ3v) is 10.5. The maximum Gasteiger partial charge on any atom is 0.245 e. The molecule has 3 heterocycles. The summed E-state index contributed by atoms with van der Waals surface area (Å²) in [5.41, 5.74) is 9.33. The van der Waals surface area contributed by atoms with Crippen LogP contribution in [-0.2, 0) is 26.2 Å². The average Bonchev–Trinajstić information content (AvgIpc) is 3.72. The van der Waals surface area contributed by atoms with Gasteiger partial charge in [-0.2, -0.15) is 0 Å². The molecule has 332 valence electrons. The Kier molecular flexibility index (Phi) is 23.5. The number of rotatable bonds is 16. The van der Waals surface area contributed by atoms with Gasteiger partial charge < -0.3 is 74.8 Å². The molecule has 8 N–H and O–H groups in total. The van der Waals surface area contributed by atoms with Crippen molar-refractivity contribution in [2.24, 2.45) is 0 Å². The van der Waals surface area contributed by atoms with Crippen LogP contribution >= 0.6 is 0 Å². The molecule has 0 radical (unpaired) electrons. The highest BCUT2D eigenvalue weighted by molar-refractivity contribution is 5.86. The highest BCUT2D eigenvalue weighted by Crippen LogP contribution is 2.36. The van der Waals surface area contributed by atoms with Gasteiger partial charge in [-0.15, -0.1) is 0 Å². The molecular weight excluding hydrogens is 896 g/mol. The van der Waals surface area contributed by atoms with Crippen molar-refractivity contribution in [2.45, 2.75) is 105 Å². The van der Waals surface area contributed by atoms with Crippen molar-refractivity contribution in [3.63, 3.8) is 0 Å². The summed E-state index contributed by atoms with van der Waals surface area (Å²) in [5, 5.41) is 0. The maximum absolute atomic E-state index is 6.56. The Bertz CT molecular complexity index is 1890. The number of ether oxygens (including phenoxy) is 4. The van der Waals surface area contributed by atoms with Crippen LogP contribution in [0.25, 0.3) is 22.1 Å². The Balaban J connectivity index is 0.00000300. The van der Waals surface area contributed by atoms with E-state index in [-0.39, 0.29) is 55.9 Å². The molecule has 0 saturated carbocycles. The van der Waals surface area contributed by atoms with Crippen LogP contribution in [0.5, 0.6) is 23.0 Å². The predicted molar refractivity (Wildman–Crippen MR) is 230 cm³/mol. The second-order valence-electron chi connectivity index (χ2n) is 14.6. The number of benzene rings is 4. The summed E-state index contributed by atoms with van der Waals surface area (Å²) < 4.78 is 35.7. The minimum atomic E-state index is 0. The lowest BCUT2D eigenvalue weighted by atomic mass is 10.1. The fraction of sp³-hybridized carbons (Fsp3) is 0.435. The summed E-state index contributed by atoms with van der Waals surface area (Å²) in [5.74, 6) is 3.60. The molecule has 14 heteroatoms. The Hall–Kier alpha value is -4.18. The molecule has 0 fully saturated rings. The first-order valence-corrected chi connectivity index (χ1v) is 20.4. The van der Waals surface area contributed by atoms with Crippen LogP contribution in [0, 0.1) is 0 Å². The molecule has 4 bridgehead atoms. The van der Waals surface area contributed by atoms with E-state index in [1.165, 1.54) is 22.3 Å². The van der Waals surface area contributed by atoms with E-state index in [9.17, 15) is 0 Å². The van der Waals surface area contributed by atoms with Crippen molar-refractivity contribution in [3.8, 4) is 23.0 Å². The molecule has 0 saturated heterocycles. The molecule has 60 heavy (non-hydrogen) atoms. The van der Waals surface area contributed by atoms with Gasteiger partial charge in [0.2, 0.25) is 34.7 Å². The van der Waals surface area contributed by atoms with E-state index >= 15 is 0 Å². The number of halogens is 2. The number of fused-ring (bicyclic) bond motifs is 12. The van der Waals surface area contributed by atoms with Gasteiger partial charge in [0, 0.05) is 22.3 Å². The summed E-state index contributed by atoms with van der Waals surface area (Å²) >= 11 is 0. The molecule has 1 aliphatic heterocycles. The van der Waals surface area contributed by atoms with Crippen LogP contribution in [0.2, 0.25) is 0 Å². The van der Waals surface area contributed by atoms with E-state index in [0.29, 0.717) is 52.6 Å². The lowest BCUT2D eigenvalue weighted by molar-refractivity contribution is -0.664. The van der Waals surface area contributed by atoms with Gasteiger partial charge >= 0.3 is 0 Å². The number of hydrogen-bond donors (Lipinski definition) is 0. The molecule has 2 aromatic heterocycles. The molecule has 0 aliphatic carbocycles. The van der Waals surface area contributed by atoms with E-state index in [0.717, 1.165) is 96.4 Å². The lowest BCUT2D eigenvalue weighted by Gasteiger charge is -2.13. The second kappa shape index (κ2) is 26.2. The number of nitrogens with zero attached hydrogens (tertiary/aromatic N) is 4. The number of hydrogen-bond acceptors (Lipinski definition) is 4. The molecule has 7 rings (SSSR count). The zero-order valence-electron chi connectivity index (χ0n) is 35.6. The van der Waals surface area contributed by atoms with E-state index in [1.54, 1.807) is 0 Å². The summed E-state index contributed by atoms with van der Waals surface area (Å²) in [6.07, 6.45) is 12.9. The molecule has 0 atom stereocenters. The first-order valence-electron chi connectivity index (χ1n) is 20.4. The van der Waals surface area contributed by atoms with Crippen LogP contribution in [0.1, 0.15) is 101 Å². The molecule has 12 nitrogen and oxygen atoms in total. The van der Waals surface area contributed by atoms with Gasteiger partial charge in [0.25, 0.3) is 0 Å². The molecule has 6 aromatic rings. The standard InChI is InChI=1S/C46H58N4O4.2BrH.4H2O/c1-5-9-25-51-39-21-22-40(52-26-10-6-2)44-43(39)47-29-35-17-13-14-19-37(35)31-49-34-50(32-38-20-16-15-18-36(38)30-48(44)33-47)46-42(54-28-12-8-4)24-23-41(45(46)49)53-27-11-7-3;;;;;;/h13-24,33-34H,5-12,25-32H2,1-4H3;2*1H;4*1H2/q+2;;;;;;/p-2. The lowest BCUT2D eigenvalue weighted by Crippen LogP contribution is -3.00. The van der Waals surface area contributed by atoms with Gasteiger partial charge in [-0.05, 0) is 49.9 Å². The SMILES string of the molecule is CCCCOc1ccc(OCCCC)c2c1n1c[n+]2Cc2ccccc2Cn2c[n+](c3c(OCCCC)ccc(OCCCC)c32)Cc2ccccc2C1.O.O.O.O.[Br-].[Br-]. The second-order valence-corrected chi connectivity index (χ2v) is 14.6. The van der Waals surface area contributed by atoms with Gasteiger partial charge in [-0.3, -0.25) is 0 Å². The van der Waals surface area contributed by atoms with Crippen LogP contribution < -0.4 is 62.0 Å². The monoisotopic (exact) mass is 960 g/mol. The fourth-order valence-corrected chi connectivity index (χ4v) is 7.48. The van der Waals surface area contributed by atoms with E-state index in [4.69, 9.17) is 18.9 Å². The van der Waals surface area contributed by atoms with E-state index in [2.05, 4.69) is 131 Å². The first kappa shape index (κ1) is 53.8. The van der Waals surface area contributed by atoms with Gasteiger partial charge in [0.1, 0.15) is 26.2 Å². The molecular formula is C46H66Br2N4O8. The van der Waals surface area contributed by atoms with Crippen LogP contribution in [0.15, 0.2) is 85.5 Å². The number of aromatic nitrogens is 4. The summed E-state index contributed by atoms with van der Waals surface area (Å²) in [6.45, 7) is 14.3. The fourth-order valence-electron chi connectivity index (χ4n) is 7.48. The summed E-state index contributed by atoms with van der Waals surface area (Å²) in [6, 6.07) is 26.1. The molecule has 0 unspecified atom stereocenters. The zero-order valence-corrected chi connectivity index (χ0v) is 38.7.